The van der Waals surface area contributed by atoms with Crippen LogP contribution in [0.3, 0.4) is 0 Å². The van der Waals surface area contributed by atoms with Crippen molar-refractivity contribution in [3.8, 4) is 5.82 Å². The number of H-pyrrole nitrogens is 1. The number of aryl methyl sites for hydroxylation is 2. The first-order chi connectivity index (χ1) is 10.6. The number of aromatic nitrogens is 4. The van der Waals surface area contributed by atoms with Crippen molar-refractivity contribution in [1.82, 2.24) is 14.8 Å². The Bertz CT molecular complexity index is 1060. The van der Waals surface area contributed by atoms with E-state index in [-0.39, 0.29) is 11.0 Å². The molecule has 116 valence electrons. The lowest BCUT2D eigenvalue weighted by Crippen LogP contribution is -2.33. The first-order valence-corrected chi connectivity index (χ1v) is 7.10. The minimum Gasteiger partial charge on any atom is -0.870 e. The molecule has 0 saturated heterocycles. The molecule has 0 fully saturated rings. The summed E-state index contributed by atoms with van der Waals surface area (Å²) in [5.41, 5.74) is 2.43. The van der Waals surface area contributed by atoms with Crippen molar-refractivity contribution in [2.45, 2.75) is 6.92 Å². The zero-order chi connectivity index (χ0) is 15.3. The fourth-order valence-electron chi connectivity index (χ4n) is 2.81. The highest BCUT2D eigenvalue weighted by atomic mass is 16.1. The summed E-state index contributed by atoms with van der Waals surface area (Å²) in [4.78, 5) is 17.1. The van der Waals surface area contributed by atoms with E-state index in [0.29, 0.717) is 11.3 Å². The van der Waals surface area contributed by atoms with Crippen LogP contribution in [-0.2, 0) is 7.05 Å². The molecule has 4 rings (SSSR count). The molecule has 0 radical (unpaired) electrons. The van der Waals surface area contributed by atoms with Crippen LogP contribution in [0.15, 0.2) is 53.6 Å². The summed E-state index contributed by atoms with van der Waals surface area (Å²) in [6, 6.07) is 11.8. The molecule has 0 unspecified atom stereocenters. The second-order valence-electron chi connectivity index (χ2n) is 5.50. The monoisotopic (exact) mass is 308 g/mol. The zero-order valence-corrected chi connectivity index (χ0v) is 12.8. The molecule has 0 aliphatic carbocycles. The van der Waals surface area contributed by atoms with Gasteiger partial charge < -0.3 is 5.48 Å². The smallest absolute Gasteiger partial charge is 0.345 e. The number of hydrogen-bond donors (Lipinski definition) is 1. The summed E-state index contributed by atoms with van der Waals surface area (Å²) < 4.78 is 3.36. The van der Waals surface area contributed by atoms with Gasteiger partial charge in [-0.25, -0.2) is 4.98 Å². The van der Waals surface area contributed by atoms with Gasteiger partial charge in [0, 0.05) is 17.0 Å². The Morgan fingerprint density at radius 2 is 1.96 bits per heavy atom. The molecule has 0 saturated carbocycles. The van der Waals surface area contributed by atoms with Gasteiger partial charge in [0.25, 0.3) is 5.52 Å². The highest BCUT2D eigenvalue weighted by Crippen LogP contribution is 2.19. The lowest BCUT2D eigenvalue weighted by atomic mass is 10.1. The number of nitrogens with zero attached hydrogens (tertiary/aromatic N) is 3. The minimum absolute atomic E-state index is 0. The summed E-state index contributed by atoms with van der Waals surface area (Å²) in [5, 5.41) is 5.32. The molecular weight excluding hydrogens is 292 g/mol. The van der Waals surface area contributed by atoms with E-state index in [1.54, 1.807) is 6.20 Å². The van der Waals surface area contributed by atoms with Crippen molar-refractivity contribution in [2.24, 2.45) is 7.05 Å². The average molecular weight is 308 g/mol. The van der Waals surface area contributed by atoms with E-state index in [9.17, 15) is 4.79 Å². The Kier molecular flexibility index (Phi) is 3.46. The summed E-state index contributed by atoms with van der Waals surface area (Å²) in [5.74, 6) is 0.593. The highest BCUT2D eigenvalue weighted by molar-refractivity contribution is 6.01. The summed E-state index contributed by atoms with van der Waals surface area (Å²) in [7, 11) is 1.89. The maximum atomic E-state index is 12.7. The van der Waals surface area contributed by atoms with Crippen LogP contribution in [0.5, 0.6) is 0 Å². The van der Waals surface area contributed by atoms with Crippen LogP contribution in [0.1, 0.15) is 5.56 Å². The van der Waals surface area contributed by atoms with Crippen LogP contribution in [-0.4, -0.2) is 20.2 Å². The average Bonchev–Trinajstić information content (AvgIpc) is 2.87. The van der Waals surface area contributed by atoms with E-state index in [4.69, 9.17) is 0 Å². The van der Waals surface area contributed by atoms with Crippen molar-refractivity contribution in [3.05, 3.63) is 64.7 Å². The molecule has 0 spiro atoms. The topological polar surface area (TPSA) is 84.6 Å². The first-order valence-electron chi connectivity index (χ1n) is 7.10. The third kappa shape index (κ3) is 2.20. The first kappa shape index (κ1) is 14.9. The fourth-order valence-corrected chi connectivity index (χ4v) is 2.81. The number of nitrogens with one attached hydrogen (secondary N) is 1. The molecule has 0 aliphatic rings. The quantitative estimate of drug-likeness (QED) is 0.544. The van der Waals surface area contributed by atoms with E-state index < -0.39 is 0 Å². The van der Waals surface area contributed by atoms with Gasteiger partial charge in [-0.05, 0) is 24.6 Å². The van der Waals surface area contributed by atoms with Gasteiger partial charge in [-0.1, -0.05) is 24.3 Å². The summed E-state index contributed by atoms with van der Waals surface area (Å²) in [6.45, 7) is 1.97. The van der Waals surface area contributed by atoms with Gasteiger partial charge in [0.2, 0.25) is 0 Å². The summed E-state index contributed by atoms with van der Waals surface area (Å²) in [6.07, 6.45) is 3.73. The minimum atomic E-state index is -0.0976. The van der Waals surface area contributed by atoms with Crippen molar-refractivity contribution in [3.63, 3.8) is 0 Å². The van der Waals surface area contributed by atoms with Crippen LogP contribution in [0.25, 0.3) is 27.6 Å². The largest absolute Gasteiger partial charge is 0.870 e. The van der Waals surface area contributed by atoms with Crippen molar-refractivity contribution in [1.29, 1.82) is 0 Å². The number of hydrogen-bond acceptors (Lipinski definition) is 3. The molecule has 1 aromatic carbocycles. The molecular formula is C17H16N4O2. The number of benzene rings is 1. The molecule has 3 aromatic heterocycles. The van der Waals surface area contributed by atoms with Gasteiger partial charge in [0.1, 0.15) is 12.6 Å². The predicted octanol–water partition coefficient (Wildman–Crippen LogP) is 1.82. The molecule has 3 heterocycles. The number of rotatable bonds is 1. The Morgan fingerprint density at radius 1 is 1.17 bits per heavy atom. The normalized spacial score (nSPS) is 10.9. The lowest BCUT2D eigenvalue weighted by Gasteiger charge is -1.99. The third-order valence-electron chi connectivity index (χ3n) is 3.91. The van der Waals surface area contributed by atoms with Gasteiger partial charge in [0.05, 0.1) is 0 Å². The van der Waals surface area contributed by atoms with Crippen LogP contribution < -0.4 is 10.1 Å². The van der Waals surface area contributed by atoms with Crippen molar-refractivity contribution in [2.75, 3.05) is 0 Å². The fraction of sp³-hybridized carbons (Fsp3) is 0.118. The SMILES string of the molecule is Cc1ccc(-n2[nH]c3c4ccccc4c[n+](C)c3c2=O)nc1.[OH-]. The Hall–Kier alpha value is -2.99. The van der Waals surface area contributed by atoms with E-state index in [1.807, 2.05) is 61.1 Å². The van der Waals surface area contributed by atoms with E-state index in [0.717, 1.165) is 21.9 Å². The van der Waals surface area contributed by atoms with Gasteiger partial charge in [-0.15, -0.1) is 0 Å². The third-order valence-corrected chi connectivity index (χ3v) is 3.91. The summed E-state index contributed by atoms with van der Waals surface area (Å²) >= 11 is 0. The number of pyridine rings is 2. The maximum Gasteiger partial charge on any atom is 0.345 e. The zero-order valence-electron chi connectivity index (χ0n) is 12.8. The molecule has 23 heavy (non-hydrogen) atoms. The highest BCUT2D eigenvalue weighted by Gasteiger charge is 2.20. The van der Waals surface area contributed by atoms with Gasteiger partial charge in [-0.3, -0.25) is 9.89 Å². The van der Waals surface area contributed by atoms with Crippen molar-refractivity contribution >= 4 is 21.8 Å². The molecule has 4 aromatic rings. The molecule has 0 amide bonds. The van der Waals surface area contributed by atoms with E-state index >= 15 is 0 Å². The Labute approximate surface area is 131 Å². The predicted molar refractivity (Wildman–Crippen MR) is 87.0 cm³/mol. The second kappa shape index (κ2) is 5.33. The van der Waals surface area contributed by atoms with Crippen LogP contribution in [0.4, 0.5) is 0 Å². The van der Waals surface area contributed by atoms with Crippen molar-refractivity contribution < 1.29 is 10.0 Å². The number of aromatic amines is 1. The maximum absolute atomic E-state index is 12.7. The lowest BCUT2D eigenvalue weighted by molar-refractivity contribution is -0.644. The van der Waals surface area contributed by atoms with Gasteiger partial charge >= 0.3 is 5.56 Å². The van der Waals surface area contributed by atoms with E-state index in [1.165, 1.54) is 4.68 Å². The molecule has 6 heteroatoms. The Morgan fingerprint density at radius 3 is 2.70 bits per heavy atom. The molecule has 6 nitrogen and oxygen atoms in total. The van der Waals surface area contributed by atoms with Gasteiger partial charge in [-0.2, -0.15) is 9.25 Å². The standard InChI is InChI=1S/C17H14N4O.H2O/c1-11-7-8-14(18-9-11)21-17(22)16-15(19-21)13-6-4-3-5-12(13)10-20(16)2;/h3-10H,1-2H3;1H2. The molecule has 0 aliphatic heterocycles. The second-order valence-corrected chi connectivity index (χ2v) is 5.50. The van der Waals surface area contributed by atoms with Gasteiger partial charge in [0.15, 0.2) is 12.0 Å². The van der Waals surface area contributed by atoms with E-state index in [2.05, 4.69) is 10.1 Å². The van der Waals surface area contributed by atoms with Crippen LogP contribution in [0.2, 0.25) is 0 Å². The van der Waals surface area contributed by atoms with Crippen LogP contribution >= 0.6 is 0 Å². The molecule has 0 atom stereocenters. The Balaban J connectivity index is 0.00000156. The molecule has 2 N–H and O–H groups in total. The molecule has 0 bridgehead atoms. The number of fused-ring (bicyclic) bond motifs is 3. The van der Waals surface area contributed by atoms with Crippen LogP contribution in [0, 0.1) is 6.92 Å².